The fourth-order valence-electron chi connectivity index (χ4n) is 5.53. The Labute approximate surface area is 354 Å². The highest BCUT2D eigenvalue weighted by Gasteiger charge is 2.29. The van der Waals surface area contributed by atoms with Gasteiger partial charge >= 0.3 is 24.1 Å². The molecule has 1 unspecified atom stereocenters. The number of amides is 2. The Morgan fingerprint density at radius 3 is 1.25 bits per heavy atom. The van der Waals surface area contributed by atoms with Crippen LogP contribution in [0.1, 0.15) is 56.4 Å². The molecule has 0 heterocycles. The number of rotatable bonds is 20. The quantitative estimate of drug-likeness (QED) is 0.0384. The minimum Gasteiger partial charge on any atom is -0.493 e. The Kier molecular flexibility index (Phi) is 17.8. The van der Waals surface area contributed by atoms with Crippen molar-refractivity contribution < 1.29 is 57.2 Å². The number of carbonyl (C=O) groups is 6. The normalized spacial score (nSPS) is 12.1. The molecule has 4 aromatic carbocycles. The van der Waals surface area contributed by atoms with Crippen LogP contribution in [0.25, 0.3) is 12.2 Å². The summed E-state index contributed by atoms with van der Waals surface area (Å²) < 4.78 is 32.5. The summed E-state index contributed by atoms with van der Waals surface area (Å²) in [5, 5.41) is 5.12. The summed E-state index contributed by atoms with van der Waals surface area (Å²) in [5.41, 5.74) is 2.65. The highest BCUT2D eigenvalue weighted by atomic mass is 16.6. The number of allylic oxidation sites excluding steroid dienone is 2. The third kappa shape index (κ3) is 15.2. The maximum absolute atomic E-state index is 13.1. The third-order valence-corrected chi connectivity index (χ3v) is 8.88. The molecule has 0 aromatic heterocycles. The summed E-state index contributed by atoms with van der Waals surface area (Å²) in [7, 11) is 2.78. The Bertz CT molecular complexity index is 2040. The van der Waals surface area contributed by atoms with E-state index < -0.39 is 54.2 Å². The van der Waals surface area contributed by atoms with Gasteiger partial charge in [-0.15, -0.1) is 0 Å². The van der Waals surface area contributed by atoms with Crippen LogP contribution >= 0.6 is 0 Å². The number of alkyl carbamates (subject to hydrolysis) is 2. The summed E-state index contributed by atoms with van der Waals surface area (Å²) in [5.74, 6) is -2.45. The van der Waals surface area contributed by atoms with Gasteiger partial charge in [0.25, 0.3) is 0 Å². The topological polar surface area (TPSA) is 182 Å². The van der Waals surface area contributed by atoms with Crippen molar-refractivity contribution in [2.24, 2.45) is 11.8 Å². The molecule has 14 nitrogen and oxygen atoms in total. The first-order valence-corrected chi connectivity index (χ1v) is 19.4. The van der Waals surface area contributed by atoms with Crippen LogP contribution in [0.3, 0.4) is 0 Å². The van der Waals surface area contributed by atoms with Gasteiger partial charge in [-0.05, 0) is 70.5 Å². The van der Waals surface area contributed by atoms with Crippen LogP contribution in [0.5, 0.6) is 23.0 Å². The minimum atomic E-state index is -1.01. The summed E-state index contributed by atoms with van der Waals surface area (Å²) in [6.07, 6.45) is 3.53. The van der Waals surface area contributed by atoms with Crippen LogP contribution in [0.4, 0.5) is 9.59 Å². The van der Waals surface area contributed by atoms with E-state index in [9.17, 15) is 28.8 Å². The van der Waals surface area contributed by atoms with E-state index in [1.54, 1.807) is 52.0 Å². The van der Waals surface area contributed by atoms with Gasteiger partial charge in [0.05, 0.1) is 20.6 Å². The van der Waals surface area contributed by atoms with Gasteiger partial charge in [-0.1, -0.05) is 113 Å². The van der Waals surface area contributed by atoms with Gasteiger partial charge in [0.2, 0.25) is 0 Å². The van der Waals surface area contributed by atoms with Crippen molar-refractivity contribution in [1.29, 1.82) is 0 Å². The molecule has 320 valence electrons. The molecule has 0 aliphatic rings. The number of methoxy groups -OCH3 is 2. The minimum absolute atomic E-state index is 0.0346. The van der Waals surface area contributed by atoms with Crippen molar-refractivity contribution >= 4 is 47.8 Å². The van der Waals surface area contributed by atoms with Gasteiger partial charge in [-0.2, -0.15) is 0 Å². The zero-order valence-corrected chi connectivity index (χ0v) is 34.9. The maximum atomic E-state index is 13.1. The summed E-state index contributed by atoms with van der Waals surface area (Å²) >= 11 is 0. The molecule has 0 aliphatic heterocycles. The van der Waals surface area contributed by atoms with E-state index in [0.29, 0.717) is 11.1 Å². The summed E-state index contributed by atoms with van der Waals surface area (Å²) in [4.78, 5) is 76.5. The summed E-state index contributed by atoms with van der Waals surface area (Å²) in [6, 6.07) is 25.5. The molecule has 0 radical (unpaired) electrons. The molecule has 0 saturated carbocycles. The van der Waals surface area contributed by atoms with Gasteiger partial charge < -0.3 is 39.1 Å². The first-order chi connectivity index (χ1) is 29.3. The van der Waals surface area contributed by atoms with Crippen LogP contribution in [0, 0.1) is 11.8 Å². The molecule has 0 aliphatic carbocycles. The van der Waals surface area contributed by atoms with Gasteiger partial charge in [0, 0.05) is 0 Å². The third-order valence-electron chi connectivity index (χ3n) is 8.88. The van der Waals surface area contributed by atoms with Gasteiger partial charge in [0.15, 0.2) is 34.6 Å². The monoisotopic (exact) mass is 834 g/mol. The van der Waals surface area contributed by atoms with Gasteiger partial charge in [-0.25, -0.2) is 19.2 Å². The molecule has 14 heteroatoms. The lowest BCUT2D eigenvalue weighted by Crippen LogP contribution is -2.46. The number of hydrogen-bond donors (Lipinski definition) is 2. The zero-order valence-electron chi connectivity index (χ0n) is 34.9. The number of ketones is 2. The molecule has 4 aromatic rings. The number of esters is 2. The highest BCUT2D eigenvalue weighted by molar-refractivity contribution is 6.11. The zero-order chi connectivity index (χ0) is 44.3. The SMILES string of the molecule is COc1cc(/C=C/C(=O)CC(=O)/C=C/c2ccc(OC(=O)[C@@H](NC(=O)OCc3ccccc3)C(C)C)c(OC)c2)ccc1OC(=O)C(NC(=O)OCc1ccccc1)C(C)C. The predicted molar refractivity (Wildman–Crippen MR) is 227 cm³/mol. The van der Waals surface area contributed by atoms with E-state index in [0.717, 1.165) is 11.1 Å². The van der Waals surface area contributed by atoms with E-state index in [1.165, 1.54) is 50.7 Å². The molecule has 61 heavy (non-hydrogen) atoms. The van der Waals surface area contributed by atoms with Crippen LogP contribution in [-0.4, -0.2) is 62.0 Å². The first kappa shape index (κ1) is 46.5. The first-order valence-electron chi connectivity index (χ1n) is 19.4. The second kappa shape index (κ2) is 23.4. The second-order valence-corrected chi connectivity index (χ2v) is 14.3. The molecule has 4 rings (SSSR count). The number of nitrogens with one attached hydrogen (secondary N) is 2. The predicted octanol–water partition coefficient (Wildman–Crippen LogP) is 7.67. The largest absolute Gasteiger partial charge is 0.493 e. The van der Waals surface area contributed by atoms with Crippen molar-refractivity contribution in [2.45, 2.75) is 59.4 Å². The van der Waals surface area contributed by atoms with E-state index in [-0.39, 0.29) is 48.0 Å². The molecule has 0 fully saturated rings. The molecular weight excluding hydrogens is 785 g/mol. The Morgan fingerprint density at radius 2 is 0.902 bits per heavy atom. The highest BCUT2D eigenvalue weighted by Crippen LogP contribution is 2.31. The van der Waals surface area contributed by atoms with Crippen LogP contribution in [0.15, 0.2) is 109 Å². The smallest absolute Gasteiger partial charge is 0.408 e. The number of ether oxygens (including phenoxy) is 6. The van der Waals surface area contributed by atoms with Crippen molar-refractivity contribution in [3.8, 4) is 23.0 Å². The van der Waals surface area contributed by atoms with Crippen molar-refractivity contribution in [3.05, 3.63) is 131 Å². The number of benzene rings is 4. The lowest BCUT2D eigenvalue weighted by Gasteiger charge is -2.21. The number of hydrogen-bond acceptors (Lipinski definition) is 12. The van der Waals surface area contributed by atoms with Crippen molar-refractivity contribution in [2.75, 3.05) is 14.2 Å². The fraction of sp³-hybridized carbons (Fsp3) is 0.277. The van der Waals surface area contributed by atoms with E-state index in [2.05, 4.69) is 10.6 Å². The Hall–Kier alpha value is -7.22. The van der Waals surface area contributed by atoms with Crippen molar-refractivity contribution in [3.63, 3.8) is 0 Å². The lowest BCUT2D eigenvalue weighted by atomic mass is 10.1. The van der Waals surface area contributed by atoms with E-state index >= 15 is 0 Å². The Morgan fingerprint density at radius 1 is 0.525 bits per heavy atom. The molecule has 0 spiro atoms. The van der Waals surface area contributed by atoms with Crippen LogP contribution < -0.4 is 29.6 Å². The average molecular weight is 835 g/mol. The van der Waals surface area contributed by atoms with Crippen LogP contribution in [-0.2, 0) is 41.9 Å². The Balaban J connectivity index is 1.29. The molecule has 2 N–H and O–H groups in total. The second-order valence-electron chi connectivity index (χ2n) is 14.3. The molecule has 2 amide bonds. The number of carbonyl (C=O) groups excluding carboxylic acids is 6. The van der Waals surface area contributed by atoms with E-state index in [4.69, 9.17) is 28.4 Å². The molecule has 0 bridgehead atoms. The maximum Gasteiger partial charge on any atom is 0.408 e. The van der Waals surface area contributed by atoms with Crippen LogP contribution in [0.2, 0.25) is 0 Å². The van der Waals surface area contributed by atoms with Crippen molar-refractivity contribution in [1.82, 2.24) is 10.6 Å². The standard InChI is InChI=1S/C47H50N2O12/c1-30(2)42(48-46(54)58-28-34-13-9-7-10-14-34)44(52)60-38-23-19-32(25-40(38)56-5)17-21-36(50)27-37(51)22-18-33-20-24-39(41(26-33)57-6)61-45(53)43(31(3)4)49-47(55)59-29-35-15-11-8-12-16-35/h7-26,30-31,42-43H,27-29H2,1-6H3,(H,48,54)(H,49,55)/b21-17+,22-18+/t42-,43?/m0/s1. The van der Waals surface area contributed by atoms with E-state index in [1.807, 2.05) is 60.7 Å². The van der Waals surface area contributed by atoms with Gasteiger partial charge in [-0.3, -0.25) is 9.59 Å². The molecular formula is C47H50N2O12. The summed E-state index contributed by atoms with van der Waals surface area (Å²) in [6.45, 7) is 7.07. The molecule has 0 saturated heterocycles. The average Bonchev–Trinajstić information content (AvgIpc) is 3.25. The van der Waals surface area contributed by atoms with Gasteiger partial charge in [0.1, 0.15) is 25.3 Å². The lowest BCUT2D eigenvalue weighted by molar-refractivity contribution is -0.138. The fourth-order valence-corrected chi connectivity index (χ4v) is 5.53. The molecule has 2 atom stereocenters.